The van der Waals surface area contributed by atoms with Crippen LogP contribution in [0.3, 0.4) is 0 Å². The molecule has 0 atom stereocenters. The number of carbonyl (C=O) groups excluding carboxylic acids is 2. The van der Waals surface area contributed by atoms with Gasteiger partial charge in [-0.3, -0.25) is 15.6 Å². The zero-order valence-corrected chi connectivity index (χ0v) is 9.69. The summed E-state index contributed by atoms with van der Waals surface area (Å²) in [7, 11) is 0. The molecule has 0 spiro atoms. The molecule has 0 fully saturated rings. The lowest BCUT2D eigenvalue weighted by atomic mass is 10.2. The number of hydrogen-bond donors (Lipinski definition) is 5. The monoisotopic (exact) mass is 290 g/mol. The van der Waals surface area contributed by atoms with E-state index in [1.54, 1.807) is 23.0 Å². The smallest absolute Gasteiger partial charge is 0.343 e. The number of amides is 2. The van der Waals surface area contributed by atoms with E-state index >= 15 is 0 Å². The Morgan fingerprint density at radius 1 is 1.38 bits per heavy atom. The maximum absolute atomic E-state index is 10.2. The van der Waals surface area contributed by atoms with Crippen LogP contribution in [0.25, 0.3) is 0 Å². The van der Waals surface area contributed by atoms with Crippen LogP contribution in [-0.4, -0.2) is 17.4 Å². The molecule has 1 aromatic rings. The molecule has 1 aromatic carbocycles. The predicted molar refractivity (Wildman–Crippen MR) is 61.2 cm³/mol. The normalized spacial score (nSPS) is 8.44. The second kappa shape index (κ2) is 7.63. The van der Waals surface area contributed by atoms with Crippen molar-refractivity contribution < 1.29 is 14.7 Å². The van der Waals surface area contributed by atoms with Gasteiger partial charge in [-0.2, -0.15) is 0 Å². The summed E-state index contributed by atoms with van der Waals surface area (Å²) in [6.45, 7) is 0. The number of benzene rings is 1. The first kappa shape index (κ1) is 14.4. The lowest BCUT2D eigenvalue weighted by Crippen LogP contribution is -2.43. The number of urea groups is 1. The minimum Gasteiger partial charge on any atom is -0.507 e. The van der Waals surface area contributed by atoms with Gasteiger partial charge in [0.05, 0.1) is 5.56 Å². The van der Waals surface area contributed by atoms with Crippen molar-refractivity contribution in [1.29, 1.82) is 0 Å². The molecule has 0 saturated carbocycles. The second-order valence-corrected chi connectivity index (χ2v) is 3.35. The Bertz CT molecular complexity index is 366. The highest BCUT2D eigenvalue weighted by molar-refractivity contribution is 9.10. The van der Waals surface area contributed by atoms with E-state index in [9.17, 15) is 9.59 Å². The van der Waals surface area contributed by atoms with Gasteiger partial charge in [0.25, 0.3) is 0 Å². The number of rotatable bonds is 1. The second-order valence-electron chi connectivity index (χ2n) is 2.44. The molecule has 0 unspecified atom stereocenters. The molecule has 0 aromatic heterocycles. The molecule has 7 N–H and O–H groups in total. The van der Waals surface area contributed by atoms with E-state index in [1.165, 1.54) is 6.07 Å². The largest absolute Gasteiger partial charge is 0.507 e. The Kier molecular flexibility index (Phi) is 6.84. The summed E-state index contributed by atoms with van der Waals surface area (Å²) < 4.78 is 0.785. The molecule has 0 radical (unpaired) electrons. The number of carbonyl (C=O) groups is 2. The van der Waals surface area contributed by atoms with Crippen LogP contribution >= 0.6 is 15.9 Å². The summed E-state index contributed by atoms with van der Waals surface area (Å²) in [5.41, 5.74) is 3.78. The molecule has 0 saturated heterocycles. The van der Waals surface area contributed by atoms with Crippen molar-refractivity contribution in [2.45, 2.75) is 0 Å². The summed E-state index contributed by atoms with van der Waals surface area (Å²) in [6, 6.07) is 4.09. The molecule has 88 valence electrons. The third-order valence-corrected chi connectivity index (χ3v) is 1.87. The first-order valence-electron chi connectivity index (χ1n) is 3.96. The highest BCUT2D eigenvalue weighted by Gasteiger charge is 1.97. The van der Waals surface area contributed by atoms with Crippen molar-refractivity contribution in [3.8, 4) is 5.75 Å². The number of nitrogens with one attached hydrogen (secondary N) is 2. The Morgan fingerprint density at radius 2 is 1.94 bits per heavy atom. The van der Waals surface area contributed by atoms with Gasteiger partial charge < -0.3 is 5.11 Å². The maximum atomic E-state index is 10.2. The first-order chi connectivity index (χ1) is 7.54. The van der Waals surface area contributed by atoms with Gasteiger partial charge >= 0.3 is 6.03 Å². The number of aromatic hydroxyl groups is 1. The van der Waals surface area contributed by atoms with Crippen LogP contribution < -0.4 is 22.5 Å². The van der Waals surface area contributed by atoms with Crippen LogP contribution in [0.4, 0.5) is 4.79 Å². The molecular formula is C8H11BrN4O3. The lowest BCUT2D eigenvalue weighted by molar-refractivity contribution is 0.112. The van der Waals surface area contributed by atoms with Gasteiger partial charge in [-0.1, -0.05) is 15.9 Å². The molecule has 0 aliphatic carbocycles. The SMILES string of the molecule is NNC(=O)NN.O=Cc1cc(Br)ccc1O. The topological polar surface area (TPSA) is 130 Å². The fraction of sp³-hybridized carbons (Fsp3) is 0. The molecule has 0 bridgehead atoms. The van der Waals surface area contributed by atoms with Gasteiger partial charge in [0.15, 0.2) is 6.29 Å². The molecule has 0 heterocycles. The molecule has 0 aliphatic heterocycles. The average molecular weight is 291 g/mol. The van der Waals surface area contributed by atoms with Gasteiger partial charge in [0, 0.05) is 4.47 Å². The third-order valence-electron chi connectivity index (χ3n) is 1.38. The minimum atomic E-state index is -0.602. The highest BCUT2D eigenvalue weighted by Crippen LogP contribution is 2.19. The van der Waals surface area contributed by atoms with Gasteiger partial charge in [0.2, 0.25) is 0 Å². The first-order valence-corrected chi connectivity index (χ1v) is 4.75. The van der Waals surface area contributed by atoms with E-state index in [0.717, 1.165) is 4.47 Å². The summed E-state index contributed by atoms with van der Waals surface area (Å²) in [5.74, 6) is 9.09. The summed E-state index contributed by atoms with van der Waals surface area (Å²) >= 11 is 3.17. The molecule has 8 heteroatoms. The number of hydrazine groups is 2. The van der Waals surface area contributed by atoms with Gasteiger partial charge in [-0.25, -0.2) is 16.5 Å². The minimum absolute atomic E-state index is 0.0122. The maximum Gasteiger partial charge on any atom is 0.343 e. The predicted octanol–water partition coefficient (Wildman–Crippen LogP) is 0.000200. The van der Waals surface area contributed by atoms with E-state index < -0.39 is 6.03 Å². The summed E-state index contributed by atoms with van der Waals surface area (Å²) in [4.78, 5) is 19.9. The number of phenolic OH excluding ortho intramolecular Hbond substituents is 1. The third kappa shape index (κ3) is 5.29. The summed E-state index contributed by atoms with van der Waals surface area (Å²) in [6.07, 6.45) is 0.611. The number of hydrogen-bond acceptors (Lipinski definition) is 5. The lowest BCUT2D eigenvalue weighted by Gasteiger charge is -1.95. The van der Waals surface area contributed by atoms with E-state index in [2.05, 4.69) is 27.6 Å². The molecule has 16 heavy (non-hydrogen) atoms. The Labute approximate surface area is 99.9 Å². The quantitative estimate of drug-likeness (QED) is 0.215. The van der Waals surface area contributed by atoms with Crippen LogP contribution in [0.15, 0.2) is 22.7 Å². The Morgan fingerprint density at radius 3 is 2.25 bits per heavy atom. The van der Waals surface area contributed by atoms with Crippen molar-refractivity contribution in [3.05, 3.63) is 28.2 Å². The molecule has 2 amide bonds. The van der Waals surface area contributed by atoms with Crippen LogP contribution in [0.2, 0.25) is 0 Å². The van der Waals surface area contributed by atoms with Crippen molar-refractivity contribution in [2.75, 3.05) is 0 Å². The van der Waals surface area contributed by atoms with Gasteiger partial charge in [-0.05, 0) is 18.2 Å². The van der Waals surface area contributed by atoms with Crippen LogP contribution in [0, 0.1) is 0 Å². The van der Waals surface area contributed by atoms with Crippen LogP contribution in [0.1, 0.15) is 10.4 Å². The number of nitrogens with two attached hydrogens (primary N) is 2. The van der Waals surface area contributed by atoms with E-state index in [-0.39, 0.29) is 5.75 Å². The van der Waals surface area contributed by atoms with E-state index in [4.69, 9.17) is 5.11 Å². The van der Waals surface area contributed by atoms with Gasteiger partial charge in [0.1, 0.15) is 5.75 Å². The standard InChI is InChI=1S/C7H5BrO2.CH6N4O/c8-6-1-2-7(10)5(3-6)4-9;2-4-1(6)5-3/h1-4,10H;2-3H2,(H2,4,5,6). The molecule has 7 nitrogen and oxygen atoms in total. The highest BCUT2D eigenvalue weighted by atomic mass is 79.9. The number of phenols is 1. The van der Waals surface area contributed by atoms with Crippen molar-refractivity contribution in [2.24, 2.45) is 11.7 Å². The van der Waals surface area contributed by atoms with Crippen LogP contribution in [-0.2, 0) is 0 Å². The molecular weight excluding hydrogens is 280 g/mol. The fourth-order valence-corrected chi connectivity index (χ4v) is 1.04. The zero-order valence-electron chi connectivity index (χ0n) is 8.11. The van der Waals surface area contributed by atoms with E-state index in [1.807, 2.05) is 0 Å². The molecule has 1 rings (SSSR count). The fourth-order valence-electron chi connectivity index (χ4n) is 0.661. The number of halogens is 1. The number of aldehydes is 1. The summed E-state index contributed by atoms with van der Waals surface area (Å²) in [5, 5.41) is 8.98. The van der Waals surface area contributed by atoms with Gasteiger partial charge in [-0.15, -0.1) is 0 Å². The van der Waals surface area contributed by atoms with Crippen LogP contribution in [0.5, 0.6) is 5.75 Å². The zero-order chi connectivity index (χ0) is 12.6. The molecule has 0 aliphatic rings. The Hall–Kier alpha value is -1.64. The van der Waals surface area contributed by atoms with Crippen molar-refractivity contribution in [3.63, 3.8) is 0 Å². The average Bonchev–Trinajstić information content (AvgIpc) is 2.32. The van der Waals surface area contributed by atoms with Crippen molar-refractivity contribution >= 4 is 28.2 Å². The Balaban J connectivity index is 0.000000325. The van der Waals surface area contributed by atoms with E-state index in [0.29, 0.717) is 11.8 Å². The van der Waals surface area contributed by atoms with Crippen molar-refractivity contribution in [1.82, 2.24) is 10.9 Å².